The number of carbonyl (C=O) groups is 3. The van der Waals surface area contributed by atoms with Gasteiger partial charge in [-0.25, -0.2) is 0 Å². The SMILES string of the molecule is COc1ccccc1NC(=O)C[C@H]1C(=O)NCCN1C(=O)CN1CCN(c2ccccc2OC)CC1. The molecule has 0 bridgehead atoms. The van der Waals surface area contributed by atoms with E-state index in [0.29, 0.717) is 37.6 Å². The van der Waals surface area contributed by atoms with Gasteiger partial charge in [0.25, 0.3) is 0 Å². The summed E-state index contributed by atoms with van der Waals surface area (Å²) in [7, 11) is 3.19. The maximum atomic E-state index is 13.2. The van der Waals surface area contributed by atoms with Crippen LogP contribution in [0, 0.1) is 0 Å². The van der Waals surface area contributed by atoms with E-state index in [2.05, 4.69) is 20.4 Å². The first-order valence-corrected chi connectivity index (χ1v) is 12.1. The van der Waals surface area contributed by atoms with Gasteiger partial charge in [0.15, 0.2) is 0 Å². The van der Waals surface area contributed by atoms with E-state index in [0.717, 1.165) is 24.5 Å². The molecule has 2 aromatic rings. The maximum Gasteiger partial charge on any atom is 0.243 e. The molecule has 0 unspecified atom stereocenters. The molecule has 1 atom stereocenters. The number of nitrogens with one attached hydrogen (secondary N) is 2. The lowest BCUT2D eigenvalue weighted by molar-refractivity contribution is -0.145. The molecule has 36 heavy (non-hydrogen) atoms. The Hall–Kier alpha value is -3.79. The molecule has 192 valence electrons. The van der Waals surface area contributed by atoms with Crippen molar-refractivity contribution in [2.75, 3.05) is 70.2 Å². The van der Waals surface area contributed by atoms with E-state index in [9.17, 15) is 14.4 Å². The van der Waals surface area contributed by atoms with E-state index >= 15 is 0 Å². The number of rotatable bonds is 8. The van der Waals surface area contributed by atoms with Crippen LogP contribution in [0.1, 0.15) is 6.42 Å². The molecule has 2 aromatic carbocycles. The van der Waals surface area contributed by atoms with Crippen LogP contribution in [0.2, 0.25) is 0 Å². The fraction of sp³-hybridized carbons (Fsp3) is 0.423. The highest BCUT2D eigenvalue weighted by Gasteiger charge is 2.35. The molecule has 2 aliphatic heterocycles. The van der Waals surface area contributed by atoms with Crippen molar-refractivity contribution in [2.45, 2.75) is 12.5 Å². The molecule has 0 spiro atoms. The molecular formula is C26H33N5O5. The van der Waals surface area contributed by atoms with Crippen molar-refractivity contribution in [1.29, 1.82) is 0 Å². The summed E-state index contributed by atoms with van der Waals surface area (Å²) in [5.74, 6) is 0.538. The number of benzene rings is 2. The summed E-state index contributed by atoms with van der Waals surface area (Å²) in [4.78, 5) is 44.5. The summed E-state index contributed by atoms with van der Waals surface area (Å²) in [5.41, 5.74) is 1.56. The number of anilines is 2. The zero-order chi connectivity index (χ0) is 25.5. The van der Waals surface area contributed by atoms with Crippen molar-refractivity contribution in [1.82, 2.24) is 15.1 Å². The number of methoxy groups -OCH3 is 2. The minimum atomic E-state index is -0.851. The third-order valence-electron chi connectivity index (χ3n) is 6.57. The van der Waals surface area contributed by atoms with Gasteiger partial charge in [-0.15, -0.1) is 0 Å². The predicted octanol–water partition coefficient (Wildman–Crippen LogP) is 1.18. The average molecular weight is 496 g/mol. The first-order chi connectivity index (χ1) is 17.5. The number of para-hydroxylation sites is 4. The number of carbonyl (C=O) groups excluding carboxylic acids is 3. The fourth-order valence-electron chi connectivity index (χ4n) is 4.66. The number of ether oxygens (including phenoxy) is 2. The molecule has 4 rings (SSSR count). The average Bonchev–Trinajstić information content (AvgIpc) is 2.90. The fourth-order valence-corrected chi connectivity index (χ4v) is 4.66. The Bertz CT molecular complexity index is 1090. The highest BCUT2D eigenvalue weighted by Crippen LogP contribution is 2.28. The van der Waals surface area contributed by atoms with Crippen molar-refractivity contribution in [3.8, 4) is 11.5 Å². The molecule has 2 aliphatic rings. The van der Waals surface area contributed by atoms with Crippen LogP contribution < -0.4 is 25.0 Å². The molecule has 0 saturated carbocycles. The second-order valence-electron chi connectivity index (χ2n) is 8.78. The van der Waals surface area contributed by atoms with E-state index in [4.69, 9.17) is 9.47 Å². The quantitative estimate of drug-likeness (QED) is 0.567. The maximum absolute atomic E-state index is 13.2. The summed E-state index contributed by atoms with van der Waals surface area (Å²) in [6.07, 6.45) is -0.128. The van der Waals surface area contributed by atoms with Crippen LogP contribution in [0.25, 0.3) is 0 Å². The summed E-state index contributed by atoms with van der Waals surface area (Å²) >= 11 is 0. The second-order valence-corrected chi connectivity index (χ2v) is 8.78. The first kappa shape index (κ1) is 25.3. The third kappa shape index (κ3) is 5.88. The van der Waals surface area contributed by atoms with Gasteiger partial charge in [-0.1, -0.05) is 24.3 Å². The minimum Gasteiger partial charge on any atom is -0.495 e. The van der Waals surface area contributed by atoms with Crippen LogP contribution >= 0.6 is 0 Å². The van der Waals surface area contributed by atoms with Gasteiger partial charge in [0, 0.05) is 39.3 Å². The number of amides is 3. The first-order valence-electron chi connectivity index (χ1n) is 12.1. The van der Waals surface area contributed by atoms with Crippen LogP contribution in [0.15, 0.2) is 48.5 Å². The third-order valence-corrected chi connectivity index (χ3v) is 6.57. The lowest BCUT2D eigenvalue weighted by Gasteiger charge is -2.39. The van der Waals surface area contributed by atoms with E-state index < -0.39 is 6.04 Å². The van der Waals surface area contributed by atoms with Crippen LogP contribution in [0.3, 0.4) is 0 Å². The lowest BCUT2D eigenvalue weighted by atomic mass is 10.1. The van der Waals surface area contributed by atoms with Crippen LogP contribution in [-0.2, 0) is 14.4 Å². The van der Waals surface area contributed by atoms with Gasteiger partial charge in [0.1, 0.15) is 17.5 Å². The van der Waals surface area contributed by atoms with Gasteiger partial charge < -0.3 is 29.9 Å². The van der Waals surface area contributed by atoms with E-state index in [-0.39, 0.29) is 30.7 Å². The van der Waals surface area contributed by atoms with Gasteiger partial charge in [0.05, 0.1) is 38.6 Å². The topological polar surface area (TPSA) is 103 Å². The molecule has 10 heteroatoms. The van der Waals surface area contributed by atoms with E-state index in [1.54, 1.807) is 31.4 Å². The normalized spacial score (nSPS) is 18.4. The molecule has 2 saturated heterocycles. The van der Waals surface area contributed by atoms with Gasteiger partial charge >= 0.3 is 0 Å². The highest BCUT2D eigenvalue weighted by atomic mass is 16.5. The summed E-state index contributed by atoms with van der Waals surface area (Å²) in [5, 5.41) is 5.57. The molecule has 2 N–H and O–H groups in total. The molecular weight excluding hydrogens is 462 g/mol. The molecule has 0 aliphatic carbocycles. The summed E-state index contributed by atoms with van der Waals surface area (Å²) in [6.45, 7) is 3.90. The Morgan fingerprint density at radius 2 is 1.61 bits per heavy atom. The summed E-state index contributed by atoms with van der Waals surface area (Å²) < 4.78 is 10.8. The monoisotopic (exact) mass is 495 g/mol. The Morgan fingerprint density at radius 3 is 2.33 bits per heavy atom. The Balaban J connectivity index is 1.34. The Labute approximate surface area is 211 Å². The minimum absolute atomic E-state index is 0.128. The van der Waals surface area contributed by atoms with Crippen molar-refractivity contribution in [2.24, 2.45) is 0 Å². The van der Waals surface area contributed by atoms with Crippen molar-refractivity contribution in [3.63, 3.8) is 0 Å². The Morgan fingerprint density at radius 1 is 0.944 bits per heavy atom. The highest BCUT2D eigenvalue weighted by molar-refractivity contribution is 5.98. The van der Waals surface area contributed by atoms with E-state index in [1.165, 1.54) is 12.0 Å². The zero-order valence-corrected chi connectivity index (χ0v) is 20.7. The number of hydrogen-bond donors (Lipinski definition) is 2. The van der Waals surface area contributed by atoms with Crippen LogP contribution in [-0.4, -0.2) is 93.6 Å². The van der Waals surface area contributed by atoms with Gasteiger partial charge in [-0.05, 0) is 24.3 Å². The Kier molecular flexibility index (Phi) is 8.27. The lowest BCUT2D eigenvalue weighted by Crippen LogP contribution is -2.60. The largest absolute Gasteiger partial charge is 0.495 e. The zero-order valence-electron chi connectivity index (χ0n) is 20.7. The van der Waals surface area contributed by atoms with Gasteiger partial charge in [0.2, 0.25) is 17.7 Å². The van der Waals surface area contributed by atoms with Crippen LogP contribution in [0.5, 0.6) is 11.5 Å². The van der Waals surface area contributed by atoms with Crippen LogP contribution in [0.4, 0.5) is 11.4 Å². The molecule has 2 heterocycles. The predicted molar refractivity (Wildman–Crippen MR) is 136 cm³/mol. The van der Waals surface area contributed by atoms with Crippen molar-refractivity contribution in [3.05, 3.63) is 48.5 Å². The molecule has 2 fully saturated rings. The van der Waals surface area contributed by atoms with Gasteiger partial charge in [-0.3, -0.25) is 19.3 Å². The number of piperazine rings is 2. The molecule has 3 amide bonds. The second kappa shape index (κ2) is 11.8. The molecule has 10 nitrogen and oxygen atoms in total. The van der Waals surface area contributed by atoms with Crippen molar-refractivity contribution < 1.29 is 23.9 Å². The van der Waals surface area contributed by atoms with E-state index in [1.807, 2.05) is 24.3 Å². The van der Waals surface area contributed by atoms with Gasteiger partial charge in [-0.2, -0.15) is 0 Å². The number of nitrogens with zero attached hydrogens (tertiary/aromatic N) is 3. The summed E-state index contributed by atoms with van der Waals surface area (Å²) in [6, 6.07) is 14.1. The molecule has 0 radical (unpaired) electrons. The standard InChI is InChI=1S/C26H33N5O5/c1-35-22-9-5-3-7-19(22)28-24(32)17-21-26(34)27-11-12-31(21)25(33)18-29-13-15-30(16-14-29)20-8-4-6-10-23(20)36-2/h3-10,21H,11-18H2,1-2H3,(H,27,34)(H,28,32)/t21-/m0/s1. The van der Waals surface area contributed by atoms with Crippen molar-refractivity contribution >= 4 is 29.1 Å². The smallest absolute Gasteiger partial charge is 0.243 e. The number of hydrogen-bond acceptors (Lipinski definition) is 7. The molecule has 0 aromatic heterocycles.